The molecule has 0 spiro atoms. The monoisotopic (exact) mass is 696 g/mol. The lowest BCUT2D eigenvalue weighted by molar-refractivity contribution is 0.0929. The van der Waals surface area contributed by atoms with Gasteiger partial charge in [-0.15, -0.1) is 0 Å². The van der Waals surface area contributed by atoms with Gasteiger partial charge in [0.1, 0.15) is 12.2 Å². The molecule has 0 unspecified atom stereocenters. The third-order valence-corrected chi connectivity index (χ3v) is 6.74. The average molecular weight is 698 g/mol. The van der Waals surface area contributed by atoms with Crippen molar-refractivity contribution in [1.29, 1.82) is 0 Å². The first kappa shape index (κ1) is 24.7. The third kappa shape index (κ3) is 5.81. The molecule has 0 atom stereocenters. The van der Waals surface area contributed by atoms with Gasteiger partial charge < -0.3 is 13.9 Å². The Morgan fingerprint density at radius 3 is 2.65 bits per heavy atom. The molecule has 4 rings (SSSR count). The molecule has 6 nitrogen and oxygen atoms in total. The third-order valence-electron chi connectivity index (χ3n) is 4.89. The number of amides is 1. The van der Waals surface area contributed by atoms with Crippen LogP contribution in [0.2, 0.25) is 0 Å². The van der Waals surface area contributed by atoms with E-state index in [1.54, 1.807) is 19.2 Å². The summed E-state index contributed by atoms with van der Waals surface area (Å²) in [6, 6.07) is 17.3. The minimum Gasteiger partial charge on any atom is -0.493 e. The predicted octanol–water partition coefficient (Wildman–Crippen LogP) is 7.22. The van der Waals surface area contributed by atoms with Gasteiger partial charge in [-0.2, -0.15) is 5.10 Å². The molecule has 0 saturated carbocycles. The Morgan fingerprint density at radius 2 is 1.91 bits per heavy atom. The van der Waals surface area contributed by atoms with Gasteiger partial charge in [0.2, 0.25) is 0 Å². The highest BCUT2D eigenvalue weighted by Gasteiger charge is 2.15. The summed E-state index contributed by atoms with van der Waals surface area (Å²) >= 11 is 9.16. The Morgan fingerprint density at radius 1 is 1.15 bits per heavy atom. The number of hydrogen-bond donors (Lipinski definition) is 1. The van der Waals surface area contributed by atoms with Crippen molar-refractivity contribution >= 4 is 77.5 Å². The highest BCUT2D eigenvalue weighted by molar-refractivity contribution is 14.1. The van der Waals surface area contributed by atoms with Gasteiger partial charge in [0, 0.05) is 9.86 Å². The van der Waals surface area contributed by atoms with E-state index >= 15 is 0 Å². The second-order valence-corrected chi connectivity index (χ2v) is 10.4. The highest BCUT2D eigenvalue weighted by atomic mass is 127. The number of furan rings is 1. The van der Waals surface area contributed by atoms with Crippen LogP contribution in [0.5, 0.6) is 11.5 Å². The lowest BCUT2D eigenvalue weighted by Gasteiger charge is -2.13. The van der Waals surface area contributed by atoms with Gasteiger partial charge in [-0.05, 0) is 86.9 Å². The van der Waals surface area contributed by atoms with Gasteiger partial charge in [-0.25, -0.2) is 5.43 Å². The number of ether oxygens (including phenoxy) is 2. The molecule has 4 aromatic rings. The number of hydrogen-bond acceptors (Lipinski definition) is 5. The van der Waals surface area contributed by atoms with Gasteiger partial charge in [-0.3, -0.25) is 4.79 Å². The van der Waals surface area contributed by atoms with Crippen LogP contribution in [0, 0.1) is 10.5 Å². The van der Waals surface area contributed by atoms with Crippen molar-refractivity contribution < 1.29 is 18.7 Å². The summed E-state index contributed by atoms with van der Waals surface area (Å²) in [4.78, 5) is 12.5. The molecular formula is C25H19Br2IN2O4. The average Bonchev–Trinajstić information content (AvgIpc) is 3.23. The van der Waals surface area contributed by atoms with Gasteiger partial charge >= 0.3 is 5.91 Å². The number of halogens is 3. The first-order chi connectivity index (χ1) is 16.3. The summed E-state index contributed by atoms with van der Waals surface area (Å²) in [5.74, 6) is 0.879. The molecule has 0 saturated heterocycles. The Labute approximate surface area is 227 Å². The zero-order valence-electron chi connectivity index (χ0n) is 18.2. The molecule has 0 radical (unpaired) electrons. The van der Waals surface area contributed by atoms with Crippen molar-refractivity contribution in [2.24, 2.45) is 5.10 Å². The quantitative estimate of drug-likeness (QED) is 0.126. The van der Waals surface area contributed by atoms with Crippen LogP contribution in [0.4, 0.5) is 0 Å². The molecule has 0 fully saturated rings. The van der Waals surface area contributed by atoms with Crippen LogP contribution in [0.25, 0.3) is 11.0 Å². The molecule has 0 aliphatic heterocycles. The van der Waals surface area contributed by atoms with E-state index in [0.29, 0.717) is 28.2 Å². The molecule has 0 aliphatic rings. The Kier molecular flexibility index (Phi) is 7.95. The normalized spacial score (nSPS) is 11.2. The zero-order chi connectivity index (χ0) is 24.2. The van der Waals surface area contributed by atoms with Gasteiger partial charge in [-0.1, -0.05) is 45.8 Å². The highest BCUT2D eigenvalue weighted by Crippen LogP contribution is 2.37. The van der Waals surface area contributed by atoms with Crippen molar-refractivity contribution in [1.82, 2.24) is 5.43 Å². The van der Waals surface area contributed by atoms with Crippen molar-refractivity contribution in [3.05, 3.63) is 89.6 Å². The van der Waals surface area contributed by atoms with Gasteiger partial charge in [0.25, 0.3) is 0 Å². The molecule has 1 heterocycles. The van der Waals surface area contributed by atoms with Crippen LogP contribution < -0.4 is 14.9 Å². The second kappa shape index (κ2) is 10.9. The fraction of sp³-hybridized carbons (Fsp3) is 0.120. The van der Waals surface area contributed by atoms with Gasteiger partial charge in [0.05, 0.1) is 21.4 Å². The van der Waals surface area contributed by atoms with E-state index in [4.69, 9.17) is 13.9 Å². The number of fused-ring (bicyclic) bond motifs is 1. The first-order valence-electron chi connectivity index (χ1n) is 10.1. The van der Waals surface area contributed by atoms with Crippen molar-refractivity contribution in [3.63, 3.8) is 0 Å². The van der Waals surface area contributed by atoms with Crippen LogP contribution in [0.15, 0.2) is 73.1 Å². The van der Waals surface area contributed by atoms with Gasteiger partial charge in [0.15, 0.2) is 17.3 Å². The van der Waals surface area contributed by atoms with Crippen LogP contribution in [-0.4, -0.2) is 19.2 Å². The lowest BCUT2D eigenvalue weighted by Crippen LogP contribution is -2.16. The lowest BCUT2D eigenvalue weighted by atomic mass is 10.2. The second-order valence-electron chi connectivity index (χ2n) is 7.42. The Hall–Kier alpha value is -2.37. The minimum atomic E-state index is -0.441. The summed E-state index contributed by atoms with van der Waals surface area (Å²) in [6.07, 6.45) is 1.53. The largest absolute Gasteiger partial charge is 0.493 e. The molecule has 1 aromatic heterocycles. The van der Waals surface area contributed by atoms with E-state index in [-0.39, 0.29) is 5.76 Å². The summed E-state index contributed by atoms with van der Waals surface area (Å²) in [5, 5.41) is 4.90. The van der Waals surface area contributed by atoms with E-state index < -0.39 is 5.91 Å². The number of methoxy groups -OCH3 is 1. The van der Waals surface area contributed by atoms with Crippen molar-refractivity contribution in [2.45, 2.75) is 13.5 Å². The van der Waals surface area contributed by atoms with Crippen LogP contribution in [0.3, 0.4) is 0 Å². The SMILES string of the molecule is COc1cc(/C=N\NC(=O)c2cc3cc(Br)cc(I)c3o2)cc(Br)c1OCc1ccc(C)cc1. The molecular weight excluding hydrogens is 679 g/mol. The predicted molar refractivity (Wildman–Crippen MR) is 148 cm³/mol. The minimum absolute atomic E-state index is 0.182. The number of nitrogens with one attached hydrogen (secondary N) is 1. The van der Waals surface area contributed by atoms with Crippen LogP contribution in [-0.2, 0) is 6.61 Å². The smallest absolute Gasteiger partial charge is 0.307 e. The van der Waals surface area contributed by atoms with Crippen molar-refractivity contribution in [3.8, 4) is 11.5 Å². The first-order valence-corrected chi connectivity index (χ1v) is 12.8. The standard InChI is InChI=1S/C25H19Br2IN2O4/c1-14-3-5-15(6-4-14)13-33-24-19(27)7-16(8-21(24)32-2)12-29-30-25(31)22-10-17-9-18(26)11-20(28)23(17)34-22/h3-12H,13H2,1-2H3,(H,30,31)/b29-12-. The fourth-order valence-electron chi connectivity index (χ4n) is 3.20. The topological polar surface area (TPSA) is 73.1 Å². The number of carbonyl (C=O) groups excluding carboxylic acids is 1. The number of carbonyl (C=O) groups is 1. The summed E-state index contributed by atoms with van der Waals surface area (Å²) in [5.41, 5.74) is 6.13. The maximum Gasteiger partial charge on any atom is 0.307 e. The molecule has 1 N–H and O–H groups in total. The number of benzene rings is 3. The summed E-state index contributed by atoms with van der Waals surface area (Å²) in [7, 11) is 1.57. The fourth-order valence-corrected chi connectivity index (χ4v) is 5.44. The zero-order valence-corrected chi connectivity index (χ0v) is 23.5. The summed E-state index contributed by atoms with van der Waals surface area (Å²) in [6.45, 7) is 2.45. The molecule has 34 heavy (non-hydrogen) atoms. The van der Waals surface area contributed by atoms with E-state index in [9.17, 15) is 4.79 Å². The van der Waals surface area contributed by atoms with E-state index in [0.717, 1.165) is 24.6 Å². The molecule has 0 bridgehead atoms. The molecule has 9 heteroatoms. The Bertz CT molecular complexity index is 1380. The molecule has 1 amide bonds. The summed E-state index contributed by atoms with van der Waals surface area (Å²) < 4.78 is 19.7. The van der Waals surface area contributed by atoms with Crippen LogP contribution in [0.1, 0.15) is 27.2 Å². The molecule has 0 aliphatic carbocycles. The van der Waals surface area contributed by atoms with E-state index in [1.807, 2.05) is 49.4 Å². The Balaban J connectivity index is 1.45. The van der Waals surface area contributed by atoms with E-state index in [2.05, 4.69) is 65.0 Å². The van der Waals surface area contributed by atoms with Crippen LogP contribution >= 0.6 is 54.5 Å². The maximum absolute atomic E-state index is 12.5. The maximum atomic E-state index is 12.5. The number of aryl methyl sites for hydroxylation is 1. The number of nitrogens with zero attached hydrogens (tertiary/aromatic N) is 1. The number of rotatable bonds is 7. The number of hydrazone groups is 1. The van der Waals surface area contributed by atoms with Crippen molar-refractivity contribution in [2.75, 3.05) is 7.11 Å². The molecule has 174 valence electrons. The van der Waals surface area contributed by atoms with E-state index in [1.165, 1.54) is 11.8 Å². The molecule has 3 aromatic carbocycles.